The second-order valence-corrected chi connectivity index (χ2v) is 6.85. The number of imidazole rings is 1. The molecule has 0 saturated heterocycles. The highest BCUT2D eigenvalue weighted by Crippen LogP contribution is 2.19. The molecule has 146 valence electrons. The molecule has 1 N–H and O–H groups in total. The van der Waals surface area contributed by atoms with Crippen molar-refractivity contribution >= 4 is 34.9 Å². The van der Waals surface area contributed by atoms with Gasteiger partial charge in [0, 0.05) is 42.5 Å². The molecule has 0 fully saturated rings. The minimum Gasteiger partial charge on any atom is -0.321 e. The zero-order chi connectivity index (χ0) is 20.9. The number of hydrazone groups is 1. The first-order chi connectivity index (χ1) is 14.7. The molecule has 0 unspecified atom stereocenters. The van der Waals surface area contributed by atoms with E-state index in [-0.39, 0.29) is 0 Å². The van der Waals surface area contributed by atoms with Gasteiger partial charge >= 0.3 is 0 Å². The van der Waals surface area contributed by atoms with E-state index in [1.54, 1.807) is 35.6 Å². The molecular formula is C22H17N7S. The molecule has 4 rings (SSSR count). The van der Waals surface area contributed by atoms with Gasteiger partial charge in [0.2, 0.25) is 0 Å². The van der Waals surface area contributed by atoms with Crippen molar-refractivity contribution in [1.29, 1.82) is 5.26 Å². The first kappa shape index (κ1) is 19.2. The number of pyridine rings is 2. The summed E-state index contributed by atoms with van der Waals surface area (Å²) in [6.07, 6.45) is 9.00. The minimum absolute atomic E-state index is 0.431. The Morgan fingerprint density at radius 2 is 2.00 bits per heavy atom. The highest BCUT2D eigenvalue weighted by molar-refractivity contribution is 7.80. The van der Waals surface area contributed by atoms with E-state index >= 15 is 0 Å². The van der Waals surface area contributed by atoms with Crippen LogP contribution in [0.5, 0.6) is 0 Å². The summed E-state index contributed by atoms with van der Waals surface area (Å²) in [6, 6.07) is 17.1. The largest absolute Gasteiger partial charge is 0.321 e. The molecule has 4 aromatic rings. The maximum absolute atomic E-state index is 8.91. The van der Waals surface area contributed by atoms with Crippen LogP contribution in [0.15, 0.2) is 78.4 Å². The predicted molar refractivity (Wildman–Crippen MR) is 121 cm³/mol. The van der Waals surface area contributed by atoms with E-state index in [1.165, 1.54) is 0 Å². The summed E-state index contributed by atoms with van der Waals surface area (Å²) < 4.78 is 1.96. The highest BCUT2D eigenvalue weighted by atomic mass is 32.1. The molecule has 0 atom stereocenters. The Labute approximate surface area is 178 Å². The molecule has 3 aromatic heterocycles. The van der Waals surface area contributed by atoms with Crippen LogP contribution in [0, 0.1) is 11.3 Å². The Morgan fingerprint density at radius 3 is 2.73 bits per heavy atom. The van der Waals surface area contributed by atoms with Crippen LogP contribution < -0.4 is 10.3 Å². The lowest BCUT2D eigenvalue weighted by atomic mass is 10.1. The number of anilines is 1. The van der Waals surface area contributed by atoms with Crippen molar-refractivity contribution in [3.8, 4) is 17.2 Å². The topological polar surface area (TPSA) is 81.6 Å². The lowest BCUT2D eigenvalue weighted by Crippen LogP contribution is -2.34. The van der Waals surface area contributed by atoms with E-state index in [4.69, 9.17) is 17.5 Å². The molecule has 0 amide bonds. The van der Waals surface area contributed by atoms with Crippen LogP contribution in [0.4, 0.5) is 5.69 Å². The summed E-state index contributed by atoms with van der Waals surface area (Å²) in [7, 11) is 1.83. The Morgan fingerprint density at radius 1 is 1.17 bits per heavy atom. The third-order valence-corrected chi connectivity index (χ3v) is 4.94. The molecule has 0 radical (unpaired) electrons. The maximum atomic E-state index is 8.91. The van der Waals surface area contributed by atoms with Gasteiger partial charge in [-0.25, -0.2) is 4.98 Å². The van der Waals surface area contributed by atoms with Gasteiger partial charge in [-0.05, 0) is 54.7 Å². The number of nitrogens with one attached hydrogen (secondary N) is 1. The third-order valence-electron chi connectivity index (χ3n) is 4.57. The van der Waals surface area contributed by atoms with E-state index < -0.39 is 0 Å². The van der Waals surface area contributed by atoms with Gasteiger partial charge in [-0.3, -0.25) is 14.8 Å². The smallest absolute Gasteiger partial charge is 0.193 e. The lowest BCUT2D eigenvalue weighted by Gasteiger charge is -2.19. The standard InChI is InChI=1S/C22H17N7S/c1-28(19-7-4-16(11-23)5-8-19)22(30)27-26-14-20-13-25-21-9-6-18(15-29(20)21)17-3-2-10-24-12-17/h2-10,12-15H,1H3,(H,27,30)/b26-14+. The zero-order valence-corrected chi connectivity index (χ0v) is 16.9. The summed E-state index contributed by atoms with van der Waals surface area (Å²) in [5.74, 6) is 0. The van der Waals surface area contributed by atoms with Gasteiger partial charge in [-0.15, -0.1) is 0 Å². The maximum Gasteiger partial charge on any atom is 0.193 e. The van der Waals surface area contributed by atoms with E-state index in [0.29, 0.717) is 10.7 Å². The van der Waals surface area contributed by atoms with Gasteiger partial charge in [0.05, 0.1) is 29.7 Å². The Hall–Kier alpha value is -4.09. The highest BCUT2D eigenvalue weighted by Gasteiger charge is 2.07. The molecule has 0 aliphatic rings. The van der Waals surface area contributed by atoms with E-state index in [2.05, 4.69) is 26.6 Å². The third kappa shape index (κ3) is 4.01. The van der Waals surface area contributed by atoms with Crippen LogP contribution in [0.2, 0.25) is 0 Å². The fourth-order valence-corrected chi connectivity index (χ4v) is 3.06. The van der Waals surface area contributed by atoms with Gasteiger partial charge < -0.3 is 4.90 Å². The summed E-state index contributed by atoms with van der Waals surface area (Å²) >= 11 is 5.40. The molecule has 0 bridgehead atoms. The number of fused-ring (bicyclic) bond motifs is 1. The SMILES string of the molecule is CN(C(=S)N/N=C/c1cnc2ccc(-c3cccnc3)cn12)c1ccc(C#N)cc1. The van der Waals surface area contributed by atoms with Gasteiger partial charge in [0.1, 0.15) is 5.65 Å². The molecule has 1 aromatic carbocycles. The average Bonchev–Trinajstić information content (AvgIpc) is 3.21. The molecule has 0 saturated carbocycles. The van der Waals surface area contributed by atoms with Gasteiger partial charge in [0.15, 0.2) is 5.11 Å². The van der Waals surface area contributed by atoms with Gasteiger partial charge in [-0.1, -0.05) is 6.07 Å². The number of nitrogens with zero attached hydrogens (tertiary/aromatic N) is 6. The van der Waals surface area contributed by atoms with Crippen molar-refractivity contribution in [3.63, 3.8) is 0 Å². The number of hydrogen-bond donors (Lipinski definition) is 1. The number of benzene rings is 1. The number of nitriles is 1. The molecule has 0 spiro atoms. The Bertz CT molecular complexity index is 1250. The number of hydrogen-bond acceptors (Lipinski definition) is 5. The van der Waals surface area contributed by atoms with E-state index in [1.807, 2.05) is 60.2 Å². The number of aromatic nitrogens is 3. The summed E-state index contributed by atoms with van der Waals surface area (Å²) in [5.41, 5.74) is 8.02. The minimum atomic E-state index is 0.431. The molecular weight excluding hydrogens is 394 g/mol. The van der Waals surface area contributed by atoms with Crippen molar-refractivity contribution in [3.05, 3.63) is 84.6 Å². The first-order valence-corrected chi connectivity index (χ1v) is 9.51. The monoisotopic (exact) mass is 411 g/mol. The summed E-state index contributed by atoms with van der Waals surface area (Å²) in [4.78, 5) is 10.4. The molecule has 3 heterocycles. The average molecular weight is 411 g/mol. The molecule has 0 aliphatic carbocycles. The lowest BCUT2D eigenvalue weighted by molar-refractivity contribution is 1.01. The second-order valence-electron chi connectivity index (χ2n) is 6.46. The van der Waals surface area contributed by atoms with E-state index in [0.717, 1.165) is 28.2 Å². The van der Waals surface area contributed by atoms with Gasteiger partial charge in [-0.2, -0.15) is 10.4 Å². The fourth-order valence-electron chi connectivity index (χ4n) is 2.90. The second kappa shape index (κ2) is 8.51. The number of thiocarbonyl (C=S) groups is 1. The molecule has 7 nitrogen and oxygen atoms in total. The van der Waals surface area contributed by atoms with Crippen molar-refractivity contribution < 1.29 is 0 Å². The quantitative estimate of drug-likeness (QED) is 0.314. The molecule has 30 heavy (non-hydrogen) atoms. The summed E-state index contributed by atoms with van der Waals surface area (Å²) in [5, 5.41) is 13.6. The van der Waals surface area contributed by atoms with Gasteiger partial charge in [0.25, 0.3) is 0 Å². The molecule has 0 aliphatic heterocycles. The first-order valence-electron chi connectivity index (χ1n) is 9.10. The fraction of sp³-hybridized carbons (Fsp3) is 0.0455. The van der Waals surface area contributed by atoms with Crippen LogP contribution >= 0.6 is 12.2 Å². The zero-order valence-electron chi connectivity index (χ0n) is 16.1. The molecule has 8 heteroatoms. The van der Waals surface area contributed by atoms with Crippen LogP contribution in [-0.2, 0) is 0 Å². The normalized spacial score (nSPS) is 10.8. The summed E-state index contributed by atoms with van der Waals surface area (Å²) in [6.45, 7) is 0. The predicted octanol–water partition coefficient (Wildman–Crippen LogP) is 3.61. The number of rotatable bonds is 4. The van der Waals surface area contributed by atoms with Crippen molar-refractivity contribution in [2.24, 2.45) is 5.10 Å². The van der Waals surface area contributed by atoms with Crippen molar-refractivity contribution in [1.82, 2.24) is 19.8 Å². The van der Waals surface area contributed by atoms with Crippen LogP contribution in [0.25, 0.3) is 16.8 Å². The van der Waals surface area contributed by atoms with Crippen LogP contribution in [0.1, 0.15) is 11.3 Å². The van der Waals surface area contributed by atoms with Crippen molar-refractivity contribution in [2.45, 2.75) is 0 Å². The van der Waals surface area contributed by atoms with E-state index in [9.17, 15) is 0 Å². The Kier molecular flexibility index (Phi) is 5.46. The van der Waals surface area contributed by atoms with Crippen molar-refractivity contribution in [2.75, 3.05) is 11.9 Å². The van der Waals surface area contributed by atoms with Crippen LogP contribution in [-0.4, -0.2) is 32.7 Å². The Balaban J connectivity index is 1.49. The van der Waals surface area contributed by atoms with Crippen LogP contribution in [0.3, 0.4) is 0 Å².